The summed E-state index contributed by atoms with van der Waals surface area (Å²) in [6.07, 6.45) is 1.79. The molecule has 8 heteroatoms. The van der Waals surface area contributed by atoms with Crippen LogP contribution in [0.15, 0.2) is 30.5 Å². The molecule has 0 fully saturated rings. The molecule has 0 unspecified atom stereocenters. The summed E-state index contributed by atoms with van der Waals surface area (Å²) in [6, 6.07) is 6.72. The SMILES string of the molecule is N#Cc1cc(F)c(C(=O)Nc2ccnc(NC=O)c2)c(Cl)c1. The van der Waals surface area contributed by atoms with Gasteiger partial charge in [0.1, 0.15) is 11.6 Å². The number of amides is 2. The number of hydrogen-bond acceptors (Lipinski definition) is 4. The summed E-state index contributed by atoms with van der Waals surface area (Å²) < 4.78 is 13.9. The standard InChI is InChI=1S/C14H8ClFN4O2/c15-10-3-8(6-17)4-11(16)13(10)14(22)20-9-1-2-18-12(5-9)19-7-21/h1-5,7H,(H2,18,19,20,21,22). The monoisotopic (exact) mass is 318 g/mol. The number of nitrogens with one attached hydrogen (secondary N) is 2. The van der Waals surface area contributed by atoms with Crippen LogP contribution in [0.5, 0.6) is 0 Å². The number of nitrogens with zero attached hydrogens (tertiary/aromatic N) is 2. The Morgan fingerprint density at radius 1 is 1.41 bits per heavy atom. The summed E-state index contributed by atoms with van der Waals surface area (Å²) in [7, 11) is 0. The van der Waals surface area contributed by atoms with Gasteiger partial charge in [-0.1, -0.05) is 11.6 Å². The molecule has 2 rings (SSSR count). The molecule has 0 aliphatic carbocycles. The van der Waals surface area contributed by atoms with Crippen molar-refractivity contribution in [2.45, 2.75) is 0 Å². The third kappa shape index (κ3) is 3.37. The van der Waals surface area contributed by atoms with Gasteiger partial charge >= 0.3 is 0 Å². The quantitative estimate of drug-likeness (QED) is 0.847. The van der Waals surface area contributed by atoms with Crippen LogP contribution < -0.4 is 10.6 Å². The molecule has 1 aromatic heterocycles. The van der Waals surface area contributed by atoms with E-state index in [-0.39, 0.29) is 22.0 Å². The second-order valence-electron chi connectivity index (χ2n) is 4.07. The summed E-state index contributed by atoms with van der Waals surface area (Å²) in [6.45, 7) is 0. The molecule has 0 saturated carbocycles. The van der Waals surface area contributed by atoms with Gasteiger partial charge in [0.25, 0.3) is 5.91 Å². The number of aromatic nitrogens is 1. The van der Waals surface area contributed by atoms with Gasteiger partial charge in [0.15, 0.2) is 0 Å². The van der Waals surface area contributed by atoms with E-state index < -0.39 is 11.7 Å². The average molecular weight is 319 g/mol. The summed E-state index contributed by atoms with van der Waals surface area (Å²) in [5.41, 5.74) is -0.0630. The fourth-order valence-corrected chi connectivity index (χ4v) is 1.99. The van der Waals surface area contributed by atoms with Crippen LogP contribution in [0.4, 0.5) is 15.9 Å². The van der Waals surface area contributed by atoms with Gasteiger partial charge in [-0.05, 0) is 18.2 Å². The lowest BCUT2D eigenvalue weighted by Gasteiger charge is -2.09. The normalized spacial score (nSPS) is 9.68. The number of nitriles is 1. The highest BCUT2D eigenvalue weighted by atomic mass is 35.5. The molecule has 0 radical (unpaired) electrons. The van der Waals surface area contributed by atoms with Crippen LogP contribution in [0.1, 0.15) is 15.9 Å². The van der Waals surface area contributed by atoms with Gasteiger partial charge in [0.05, 0.1) is 22.2 Å². The third-order valence-electron chi connectivity index (χ3n) is 2.62. The molecule has 2 aromatic rings. The Hall–Kier alpha value is -2.98. The van der Waals surface area contributed by atoms with E-state index in [2.05, 4.69) is 15.6 Å². The lowest BCUT2D eigenvalue weighted by molar-refractivity contribution is -0.105. The molecule has 0 saturated heterocycles. The van der Waals surface area contributed by atoms with E-state index in [0.717, 1.165) is 6.07 Å². The molecule has 6 nitrogen and oxygen atoms in total. The summed E-state index contributed by atoms with van der Waals surface area (Å²) in [4.78, 5) is 26.3. The molecule has 110 valence electrons. The van der Waals surface area contributed by atoms with Gasteiger partial charge < -0.3 is 10.6 Å². The van der Waals surface area contributed by atoms with E-state index in [1.807, 2.05) is 0 Å². The topological polar surface area (TPSA) is 94.9 Å². The van der Waals surface area contributed by atoms with E-state index in [9.17, 15) is 14.0 Å². The molecule has 0 aliphatic rings. The number of halogens is 2. The number of benzene rings is 1. The maximum atomic E-state index is 13.9. The zero-order valence-electron chi connectivity index (χ0n) is 10.9. The maximum Gasteiger partial charge on any atom is 0.260 e. The van der Waals surface area contributed by atoms with Crippen molar-refractivity contribution in [3.8, 4) is 6.07 Å². The molecule has 22 heavy (non-hydrogen) atoms. The molecular weight excluding hydrogens is 311 g/mol. The predicted molar refractivity (Wildman–Crippen MR) is 78.0 cm³/mol. The largest absolute Gasteiger partial charge is 0.322 e. The summed E-state index contributed by atoms with van der Waals surface area (Å²) in [5.74, 6) is -1.46. The smallest absolute Gasteiger partial charge is 0.260 e. The van der Waals surface area contributed by atoms with Crippen molar-refractivity contribution in [1.82, 2.24) is 4.98 Å². The molecule has 0 spiro atoms. The number of pyridine rings is 1. The van der Waals surface area contributed by atoms with Crippen LogP contribution in [0, 0.1) is 17.1 Å². The van der Waals surface area contributed by atoms with Crippen LogP contribution >= 0.6 is 11.6 Å². The van der Waals surface area contributed by atoms with Crippen LogP contribution in [0.25, 0.3) is 0 Å². The first kappa shape index (κ1) is 15.4. The van der Waals surface area contributed by atoms with Gasteiger partial charge in [0, 0.05) is 18.0 Å². The molecule has 0 bridgehead atoms. The number of anilines is 2. The highest BCUT2D eigenvalue weighted by molar-refractivity contribution is 6.34. The van der Waals surface area contributed by atoms with Crippen LogP contribution in [-0.4, -0.2) is 17.3 Å². The summed E-state index contributed by atoms with van der Waals surface area (Å²) in [5, 5.41) is 13.3. The van der Waals surface area contributed by atoms with E-state index in [0.29, 0.717) is 12.1 Å². The highest BCUT2D eigenvalue weighted by Gasteiger charge is 2.18. The molecule has 1 heterocycles. The average Bonchev–Trinajstić information content (AvgIpc) is 2.47. The Morgan fingerprint density at radius 3 is 2.82 bits per heavy atom. The number of carbonyl (C=O) groups is 2. The van der Waals surface area contributed by atoms with Crippen molar-refractivity contribution in [3.05, 3.63) is 52.4 Å². The number of rotatable bonds is 4. The Kier molecular flexibility index (Phi) is 4.66. The minimum Gasteiger partial charge on any atom is -0.322 e. The van der Waals surface area contributed by atoms with Crippen molar-refractivity contribution in [2.75, 3.05) is 10.6 Å². The van der Waals surface area contributed by atoms with Gasteiger partial charge in [0.2, 0.25) is 6.41 Å². The van der Waals surface area contributed by atoms with Crippen LogP contribution in [0.3, 0.4) is 0 Å². The zero-order chi connectivity index (χ0) is 16.1. The van der Waals surface area contributed by atoms with Crippen molar-refractivity contribution < 1.29 is 14.0 Å². The maximum absolute atomic E-state index is 13.9. The van der Waals surface area contributed by atoms with Gasteiger partial charge in [-0.15, -0.1) is 0 Å². The molecule has 1 aromatic carbocycles. The first-order valence-electron chi connectivity index (χ1n) is 5.92. The Balaban J connectivity index is 2.28. The Bertz CT molecular complexity index is 766. The molecule has 0 atom stereocenters. The Labute approximate surface area is 129 Å². The lowest BCUT2D eigenvalue weighted by Crippen LogP contribution is -2.15. The Morgan fingerprint density at radius 2 is 2.18 bits per heavy atom. The van der Waals surface area contributed by atoms with Crippen molar-refractivity contribution in [3.63, 3.8) is 0 Å². The summed E-state index contributed by atoms with van der Waals surface area (Å²) >= 11 is 5.83. The molecule has 0 aliphatic heterocycles. The predicted octanol–water partition coefficient (Wildman–Crippen LogP) is 2.57. The van der Waals surface area contributed by atoms with Gasteiger partial charge in [-0.2, -0.15) is 5.26 Å². The van der Waals surface area contributed by atoms with E-state index in [1.54, 1.807) is 6.07 Å². The molecular formula is C14H8ClFN4O2. The molecule has 2 N–H and O–H groups in total. The first-order valence-corrected chi connectivity index (χ1v) is 6.29. The van der Waals surface area contributed by atoms with E-state index in [4.69, 9.17) is 16.9 Å². The van der Waals surface area contributed by atoms with Crippen molar-refractivity contribution in [1.29, 1.82) is 5.26 Å². The fourth-order valence-electron chi connectivity index (χ4n) is 1.70. The zero-order valence-corrected chi connectivity index (χ0v) is 11.7. The van der Waals surface area contributed by atoms with E-state index in [1.165, 1.54) is 24.4 Å². The first-order chi connectivity index (χ1) is 10.5. The number of carbonyl (C=O) groups excluding carboxylic acids is 2. The minimum atomic E-state index is -0.901. The van der Waals surface area contributed by atoms with Gasteiger partial charge in [-0.25, -0.2) is 9.37 Å². The second kappa shape index (κ2) is 6.65. The fraction of sp³-hybridized carbons (Fsp3) is 0. The van der Waals surface area contributed by atoms with Crippen molar-refractivity contribution in [2.24, 2.45) is 0 Å². The van der Waals surface area contributed by atoms with Crippen molar-refractivity contribution >= 4 is 35.4 Å². The second-order valence-corrected chi connectivity index (χ2v) is 4.48. The highest BCUT2D eigenvalue weighted by Crippen LogP contribution is 2.23. The van der Waals surface area contributed by atoms with Crippen LogP contribution in [-0.2, 0) is 4.79 Å². The lowest BCUT2D eigenvalue weighted by atomic mass is 10.1. The molecule has 2 amide bonds. The van der Waals surface area contributed by atoms with E-state index >= 15 is 0 Å². The number of hydrogen-bond donors (Lipinski definition) is 2. The van der Waals surface area contributed by atoms with Crippen LogP contribution in [0.2, 0.25) is 5.02 Å². The van der Waals surface area contributed by atoms with Gasteiger partial charge in [-0.3, -0.25) is 9.59 Å². The third-order valence-corrected chi connectivity index (χ3v) is 2.92. The minimum absolute atomic E-state index is 0.0143.